The molecule has 0 radical (unpaired) electrons. The first-order valence-electron chi connectivity index (χ1n) is 7.36. The Labute approximate surface area is 127 Å². The first-order valence-corrected chi connectivity index (χ1v) is 7.36. The summed E-state index contributed by atoms with van der Waals surface area (Å²) >= 11 is 0. The van der Waals surface area contributed by atoms with Gasteiger partial charge in [0.05, 0.1) is 7.11 Å². The van der Waals surface area contributed by atoms with Gasteiger partial charge in [0, 0.05) is 6.54 Å². The van der Waals surface area contributed by atoms with E-state index in [1.54, 1.807) is 7.11 Å². The van der Waals surface area contributed by atoms with E-state index in [4.69, 9.17) is 10.5 Å². The Morgan fingerprint density at radius 3 is 1.86 bits per heavy atom. The Balaban J connectivity index is 2.79. The molecule has 0 spiro atoms. The van der Waals surface area contributed by atoms with E-state index in [9.17, 15) is 0 Å². The molecule has 2 heteroatoms. The number of hydrogen-bond acceptors (Lipinski definition) is 2. The van der Waals surface area contributed by atoms with E-state index in [0.29, 0.717) is 6.54 Å². The molecule has 2 aromatic carbocycles. The van der Waals surface area contributed by atoms with Crippen molar-refractivity contribution in [2.24, 2.45) is 5.73 Å². The lowest BCUT2D eigenvalue weighted by molar-refractivity contribution is 0.414. The van der Waals surface area contributed by atoms with Crippen LogP contribution < -0.4 is 10.5 Å². The van der Waals surface area contributed by atoms with E-state index in [2.05, 4.69) is 40.7 Å². The molecule has 2 rings (SSSR count). The number of methoxy groups -OCH3 is 1. The van der Waals surface area contributed by atoms with Gasteiger partial charge in [-0.05, 0) is 91.3 Å². The van der Waals surface area contributed by atoms with Gasteiger partial charge >= 0.3 is 0 Å². The van der Waals surface area contributed by atoms with Crippen molar-refractivity contribution in [3.8, 4) is 16.9 Å². The predicted octanol–water partition coefficient (Wildman–Crippen LogP) is 4.36. The van der Waals surface area contributed by atoms with Gasteiger partial charge in [-0.25, -0.2) is 0 Å². The van der Waals surface area contributed by atoms with Crippen LogP contribution in [0.3, 0.4) is 0 Å². The highest BCUT2D eigenvalue weighted by Crippen LogP contribution is 2.36. The van der Waals surface area contributed by atoms with Gasteiger partial charge in [0.2, 0.25) is 0 Å². The quantitative estimate of drug-likeness (QED) is 0.908. The van der Waals surface area contributed by atoms with E-state index < -0.39 is 0 Å². The van der Waals surface area contributed by atoms with Gasteiger partial charge in [0.25, 0.3) is 0 Å². The first-order chi connectivity index (χ1) is 9.92. The molecule has 0 atom stereocenters. The Hall–Kier alpha value is -1.80. The van der Waals surface area contributed by atoms with Gasteiger partial charge in [-0.15, -0.1) is 0 Å². The van der Waals surface area contributed by atoms with Crippen LogP contribution in [-0.2, 0) is 6.54 Å². The standard InChI is InChI=1S/C19H25NO/c1-11-12(2)14(4)19(15(5)13(11)3)18-8-7-17(21-6)9-16(18)10-20/h7-9H,10,20H2,1-6H3. The lowest BCUT2D eigenvalue weighted by Gasteiger charge is -2.21. The second-order valence-electron chi connectivity index (χ2n) is 5.73. The maximum absolute atomic E-state index is 5.96. The third kappa shape index (κ3) is 2.56. The molecule has 2 nitrogen and oxygen atoms in total. The summed E-state index contributed by atoms with van der Waals surface area (Å²) in [6.45, 7) is 11.5. The van der Waals surface area contributed by atoms with Crippen molar-refractivity contribution in [2.75, 3.05) is 7.11 Å². The van der Waals surface area contributed by atoms with Gasteiger partial charge in [0.1, 0.15) is 5.75 Å². The summed E-state index contributed by atoms with van der Waals surface area (Å²) in [6.07, 6.45) is 0. The van der Waals surface area contributed by atoms with Crippen molar-refractivity contribution < 1.29 is 4.74 Å². The average molecular weight is 283 g/mol. The Morgan fingerprint density at radius 1 is 0.857 bits per heavy atom. The number of ether oxygens (including phenoxy) is 1. The highest BCUT2D eigenvalue weighted by Gasteiger charge is 2.16. The second-order valence-corrected chi connectivity index (χ2v) is 5.73. The van der Waals surface area contributed by atoms with Crippen LogP contribution in [0.4, 0.5) is 0 Å². The largest absolute Gasteiger partial charge is 0.497 e. The Bertz CT molecular complexity index is 657. The Kier molecular flexibility index (Phi) is 4.38. The van der Waals surface area contributed by atoms with Crippen LogP contribution in [0.25, 0.3) is 11.1 Å². The number of rotatable bonds is 3. The zero-order valence-corrected chi connectivity index (χ0v) is 13.9. The van der Waals surface area contributed by atoms with Gasteiger partial charge in [-0.1, -0.05) is 6.07 Å². The fourth-order valence-electron chi connectivity index (χ4n) is 3.01. The van der Waals surface area contributed by atoms with E-state index in [-0.39, 0.29) is 0 Å². The summed E-state index contributed by atoms with van der Waals surface area (Å²) in [7, 11) is 1.69. The van der Waals surface area contributed by atoms with E-state index in [1.807, 2.05) is 12.1 Å². The maximum Gasteiger partial charge on any atom is 0.119 e. The molecule has 2 N–H and O–H groups in total. The zero-order chi connectivity index (χ0) is 15.7. The maximum atomic E-state index is 5.96. The molecular formula is C19H25NO. The molecular weight excluding hydrogens is 258 g/mol. The molecule has 0 saturated carbocycles. The van der Waals surface area contributed by atoms with Gasteiger partial charge in [-0.3, -0.25) is 0 Å². The zero-order valence-electron chi connectivity index (χ0n) is 13.9. The molecule has 0 unspecified atom stereocenters. The van der Waals surface area contributed by atoms with Gasteiger partial charge in [0.15, 0.2) is 0 Å². The lowest BCUT2D eigenvalue weighted by Crippen LogP contribution is -2.04. The minimum Gasteiger partial charge on any atom is -0.497 e. The van der Waals surface area contributed by atoms with Crippen LogP contribution in [0, 0.1) is 34.6 Å². The van der Waals surface area contributed by atoms with Gasteiger partial charge in [-0.2, -0.15) is 0 Å². The first kappa shape index (κ1) is 15.6. The summed E-state index contributed by atoms with van der Waals surface area (Å²) in [6, 6.07) is 6.18. The van der Waals surface area contributed by atoms with Crippen molar-refractivity contribution in [3.05, 3.63) is 51.6 Å². The topological polar surface area (TPSA) is 35.2 Å². The highest BCUT2D eigenvalue weighted by molar-refractivity contribution is 5.77. The summed E-state index contributed by atoms with van der Waals surface area (Å²) in [4.78, 5) is 0. The van der Waals surface area contributed by atoms with Crippen LogP contribution in [0.1, 0.15) is 33.4 Å². The van der Waals surface area contributed by atoms with Crippen LogP contribution >= 0.6 is 0 Å². The molecule has 0 amide bonds. The molecule has 0 fully saturated rings. The molecule has 2 aromatic rings. The monoisotopic (exact) mass is 283 g/mol. The number of benzene rings is 2. The summed E-state index contributed by atoms with van der Waals surface area (Å²) in [5.74, 6) is 0.857. The molecule has 0 heterocycles. The smallest absolute Gasteiger partial charge is 0.119 e. The van der Waals surface area contributed by atoms with Crippen LogP contribution in [0.5, 0.6) is 5.75 Å². The van der Waals surface area contributed by atoms with Crippen molar-refractivity contribution in [1.29, 1.82) is 0 Å². The molecule has 0 saturated heterocycles. The highest BCUT2D eigenvalue weighted by atomic mass is 16.5. The van der Waals surface area contributed by atoms with E-state index in [1.165, 1.54) is 38.9 Å². The second kappa shape index (κ2) is 5.90. The molecule has 0 aromatic heterocycles. The average Bonchev–Trinajstić information content (AvgIpc) is 2.51. The van der Waals surface area contributed by atoms with Crippen molar-refractivity contribution in [2.45, 2.75) is 41.2 Å². The Morgan fingerprint density at radius 2 is 1.38 bits per heavy atom. The molecule has 0 bridgehead atoms. The molecule has 112 valence electrons. The minimum atomic E-state index is 0.511. The summed E-state index contributed by atoms with van der Waals surface area (Å²) < 4.78 is 5.32. The van der Waals surface area contributed by atoms with Crippen molar-refractivity contribution in [3.63, 3.8) is 0 Å². The predicted molar refractivity (Wildman–Crippen MR) is 90.0 cm³/mol. The number of nitrogens with two attached hydrogens (primary N) is 1. The lowest BCUT2D eigenvalue weighted by atomic mass is 9.85. The fourth-order valence-corrected chi connectivity index (χ4v) is 3.01. The third-order valence-corrected chi connectivity index (χ3v) is 4.80. The van der Waals surface area contributed by atoms with Crippen molar-refractivity contribution in [1.82, 2.24) is 0 Å². The third-order valence-electron chi connectivity index (χ3n) is 4.80. The van der Waals surface area contributed by atoms with Crippen molar-refractivity contribution >= 4 is 0 Å². The summed E-state index contributed by atoms with van der Waals surface area (Å²) in [5, 5.41) is 0. The molecule has 0 aliphatic carbocycles. The molecule has 21 heavy (non-hydrogen) atoms. The fraction of sp³-hybridized carbons (Fsp3) is 0.368. The van der Waals surface area contributed by atoms with E-state index in [0.717, 1.165) is 11.3 Å². The number of hydrogen-bond donors (Lipinski definition) is 1. The minimum absolute atomic E-state index is 0.511. The molecule has 0 aliphatic rings. The van der Waals surface area contributed by atoms with Crippen LogP contribution in [0.15, 0.2) is 18.2 Å². The van der Waals surface area contributed by atoms with E-state index >= 15 is 0 Å². The van der Waals surface area contributed by atoms with Crippen LogP contribution in [-0.4, -0.2) is 7.11 Å². The SMILES string of the molecule is COc1ccc(-c2c(C)c(C)c(C)c(C)c2C)c(CN)c1. The summed E-state index contributed by atoms with van der Waals surface area (Å²) in [5.41, 5.74) is 16.4. The van der Waals surface area contributed by atoms with Crippen LogP contribution in [0.2, 0.25) is 0 Å². The van der Waals surface area contributed by atoms with Gasteiger partial charge < -0.3 is 10.5 Å². The normalized spacial score (nSPS) is 10.8. The molecule has 0 aliphatic heterocycles.